The Kier molecular flexibility index (Phi) is 7.00. The molecule has 0 atom stereocenters. The number of carbonyl (C=O) groups excluding carboxylic acids is 1. The van der Waals surface area contributed by atoms with Crippen LogP contribution in [0.3, 0.4) is 0 Å². The number of anilines is 1. The predicted molar refractivity (Wildman–Crippen MR) is 138 cm³/mol. The van der Waals surface area contributed by atoms with Crippen LogP contribution >= 0.6 is 0 Å². The molecular weight excluding hydrogens is 442 g/mol. The van der Waals surface area contributed by atoms with Gasteiger partial charge in [0.2, 0.25) is 5.91 Å². The van der Waals surface area contributed by atoms with E-state index in [1.54, 1.807) is 10.9 Å². The molecule has 0 fully saturated rings. The summed E-state index contributed by atoms with van der Waals surface area (Å²) in [5, 5.41) is 2.92. The Morgan fingerprint density at radius 1 is 1.03 bits per heavy atom. The average Bonchev–Trinajstić information content (AvgIpc) is 3.24. The fourth-order valence-electron chi connectivity index (χ4n) is 4.34. The molecule has 2 heterocycles. The molecule has 0 saturated heterocycles. The lowest BCUT2D eigenvalue weighted by atomic mass is 10.1. The molecule has 0 unspecified atom stereocenters. The Balaban J connectivity index is 1.80. The van der Waals surface area contributed by atoms with Gasteiger partial charge in [0.15, 0.2) is 11.2 Å². The minimum Gasteiger partial charge on any atom is -0.324 e. The van der Waals surface area contributed by atoms with E-state index in [1.807, 2.05) is 76.2 Å². The molecule has 4 aromatic rings. The summed E-state index contributed by atoms with van der Waals surface area (Å²) in [5.74, 6) is -0.152. The summed E-state index contributed by atoms with van der Waals surface area (Å²) < 4.78 is 4.26. The molecule has 182 valence electrons. The van der Waals surface area contributed by atoms with Gasteiger partial charge >= 0.3 is 5.69 Å². The van der Waals surface area contributed by atoms with Crippen LogP contribution in [0.5, 0.6) is 0 Å². The third-order valence-corrected chi connectivity index (χ3v) is 6.04. The summed E-state index contributed by atoms with van der Waals surface area (Å²) in [7, 11) is 0. The van der Waals surface area contributed by atoms with Crippen molar-refractivity contribution in [3.05, 3.63) is 92.4 Å². The van der Waals surface area contributed by atoms with Crippen molar-refractivity contribution in [1.82, 2.24) is 18.7 Å². The highest BCUT2D eigenvalue weighted by atomic mass is 16.2. The van der Waals surface area contributed by atoms with Gasteiger partial charge in [-0.15, -0.1) is 0 Å². The lowest BCUT2D eigenvalue weighted by Crippen LogP contribution is -2.43. The van der Waals surface area contributed by atoms with Crippen molar-refractivity contribution < 1.29 is 4.79 Å². The largest absolute Gasteiger partial charge is 0.333 e. The molecule has 8 nitrogen and oxygen atoms in total. The smallest absolute Gasteiger partial charge is 0.324 e. The van der Waals surface area contributed by atoms with Crippen molar-refractivity contribution in [2.45, 2.75) is 53.8 Å². The van der Waals surface area contributed by atoms with E-state index in [4.69, 9.17) is 0 Å². The molecule has 0 aliphatic heterocycles. The van der Waals surface area contributed by atoms with E-state index >= 15 is 0 Å². The highest BCUT2D eigenvalue weighted by Gasteiger charge is 2.21. The van der Waals surface area contributed by atoms with E-state index < -0.39 is 17.2 Å². The zero-order valence-electron chi connectivity index (χ0n) is 20.6. The number of imidazole rings is 1. The van der Waals surface area contributed by atoms with Crippen molar-refractivity contribution in [3.8, 4) is 0 Å². The van der Waals surface area contributed by atoms with Crippen LogP contribution in [0.2, 0.25) is 0 Å². The lowest BCUT2D eigenvalue weighted by molar-refractivity contribution is -0.116. The van der Waals surface area contributed by atoms with E-state index in [-0.39, 0.29) is 19.0 Å². The molecule has 1 N–H and O–H groups in total. The second-order valence-corrected chi connectivity index (χ2v) is 9.22. The number of nitrogens with zero attached hydrogens (tertiary/aromatic N) is 4. The number of nitrogens with one attached hydrogen (secondary N) is 1. The van der Waals surface area contributed by atoms with Gasteiger partial charge in [0.25, 0.3) is 5.56 Å². The Morgan fingerprint density at radius 2 is 1.77 bits per heavy atom. The number of rotatable bonds is 8. The SMILES string of the molecule is CCc1cccc(C)c1NC(=O)Cn1c(=O)c2c(ncn2CC(C)C)n(Cc2ccccc2)c1=O. The Hall–Kier alpha value is -3.94. The first-order valence-electron chi connectivity index (χ1n) is 11.9. The Morgan fingerprint density at radius 3 is 2.46 bits per heavy atom. The fourth-order valence-corrected chi connectivity index (χ4v) is 4.34. The quantitative estimate of drug-likeness (QED) is 0.424. The third kappa shape index (κ3) is 4.96. The summed E-state index contributed by atoms with van der Waals surface area (Å²) >= 11 is 0. The molecule has 2 aromatic heterocycles. The maximum atomic E-state index is 13.5. The number of aromatic nitrogens is 4. The molecule has 8 heteroatoms. The standard InChI is InChI=1S/C27H31N5O3/c1-5-21-13-9-10-19(4)23(21)29-22(33)16-32-26(34)24-25(28-17-30(24)14-18(2)3)31(27(32)35)15-20-11-7-6-8-12-20/h6-13,17-18H,5,14-16H2,1-4H3,(H,29,33). The van der Waals surface area contributed by atoms with Gasteiger partial charge in [-0.2, -0.15) is 0 Å². The van der Waals surface area contributed by atoms with Crippen LogP contribution in [0.25, 0.3) is 11.2 Å². The van der Waals surface area contributed by atoms with Crippen LogP contribution in [0, 0.1) is 12.8 Å². The number of hydrogen-bond donors (Lipinski definition) is 1. The molecule has 0 saturated carbocycles. The van der Waals surface area contributed by atoms with Crippen molar-refractivity contribution in [3.63, 3.8) is 0 Å². The molecule has 1 amide bonds. The molecular formula is C27H31N5O3. The van der Waals surface area contributed by atoms with Gasteiger partial charge in [-0.1, -0.05) is 69.3 Å². The first-order chi connectivity index (χ1) is 16.8. The molecule has 2 aromatic carbocycles. The van der Waals surface area contributed by atoms with Crippen molar-refractivity contribution in [1.29, 1.82) is 0 Å². The molecule has 0 radical (unpaired) electrons. The molecule has 0 aliphatic rings. The molecule has 35 heavy (non-hydrogen) atoms. The van der Waals surface area contributed by atoms with Crippen LogP contribution in [-0.2, 0) is 30.8 Å². The van der Waals surface area contributed by atoms with Gasteiger partial charge in [0.05, 0.1) is 12.9 Å². The second kappa shape index (κ2) is 10.1. The monoisotopic (exact) mass is 473 g/mol. The van der Waals surface area contributed by atoms with Crippen LogP contribution in [-0.4, -0.2) is 24.6 Å². The third-order valence-electron chi connectivity index (χ3n) is 6.04. The van der Waals surface area contributed by atoms with Gasteiger partial charge in [-0.3, -0.25) is 14.2 Å². The molecule has 0 spiro atoms. The summed E-state index contributed by atoms with van der Waals surface area (Å²) in [6.07, 6.45) is 2.35. The molecule has 0 bridgehead atoms. The maximum absolute atomic E-state index is 13.5. The number of carbonyl (C=O) groups is 1. The lowest BCUT2D eigenvalue weighted by Gasteiger charge is -2.15. The van der Waals surface area contributed by atoms with E-state index in [1.165, 1.54) is 4.57 Å². The van der Waals surface area contributed by atoms with Crippen molar-refractivity contribution in [2.75, 3.05) is 5.32 Å². The zero-order chi connectivity index (χ0) is 25.1. The number of amides is 1. The number of para-hydroxylation sites is 1. The Bertz CT molecular complexity index is 1480. The van der Waals surface area contributed by atoms with Gasteiger partial charge in [0.1, 0.15) is 6.54 Å². The van der Waals surface area contributed by atoms with E-state index in [0.717, 1.165) is 33.4 Å². The zero-order valence-corrected chi connectivity index (χ0v) is 20.6. The average molecular weight is 474 g/mol. The van der Waals surface area contributed by atoms with E-state index in [0.29, 0.717) is 17.7 Å². The van der Waals surface area contributed by atoms with Gasteiger partial charge in [-0.05, 0) is 36.0 Å². The Labute approximate surface area is 203 Å². The summed E-state index contributed by atoms with van der Waals surface area (Å²) in [5.41, 5.74) is 3.13. The predicted octanol–water partition coefficient (Wildman–Crippen LogP) is 3.57. The van der Waals surface area contributed by atoms with Crippen LogP contribution < -0.4 is 16.6 Å². The minimum absolute atomic E-state index is 0.245. The maximum Gasteiger partial charge on any atom is 0.333 e. The first kappa shape index (κ1) is 24.2. The minimum atomic E-state index is -0.559. The number of hydrogen-bond acceptors (Lipinski definition) is 4. The van der Waals surface area contributed by atoms with Crippen LogP contribution in [0.1, 0.15) is 37.5 Å². The van der Waals surface area contributed by atoms with Gasteiger partial charge < -0.3 is 9.88 Å². The van der Waals surface area contributed by atoms with Gasteiger partial charge in [-0.25, -0.2) is 14.3 Å². The number of benzene rings is 2. The summed E-state index contributed by atoms with van der Waals surface area (Å²) in [6.45, 7) is 8.47. The molecule has 0 aliphatic carbocycles. The first-order valence-corrected chi connectivity index (χ1v) is 11.9. The highest BCUT2D eigenvalue weighted by molar-refractivity contribution is 5.92. The van der Waals surface area contributed by atoms with Crippen LogP contribution in [0.4, 0.5) is 5.69 Å². The number of aryl methyl sites for hydroxylation is 2. The van der Waals surface area contributed by atoms with Crippen molar-refractivity contribution in [2.24, 2.45) is 5.92 Å². The summed E-state index contributed by atoms with van der Waals surface area (Å²) in [4.78, 5) is 44.5. The summed E-state index contributed by atoms with van der Waals surface area (Å²) in [6, 6.07) is 15.3. The highest BCUT2D eigenvalue weighted by Crippen LogP contribution is 2.21. The topological polar surface area (TPSA) is 90.9 Å². The fraction of sp³-hybridized carbons (Fsp3) is 0.333. The normalized spacial score (nSPS) is 11.3. The second-order valence-electron chi connectivity index (χ2n) is 9.22. The number of fused-ring (bicyclic) bond motifs is 1. The van der Waals surface area contributed by atoms with Crippen LogP contribution in [0.15, 0.2) is 64.4 Å². The molecule has 4 rings (SSSR count). The van der Waals surface area contributed by atoms with Crippen molar-refractivity contribution >= 4 is 22.8 Å². The van der Waals surface area contributed by atoms with E-state index in [9.17, 15) is 14.4 Å². The van der Waals surface area contributed by atoms with E-state index in [2.05, 4.69) is 10.3 Å². The van der Waals surface area contributed by atoms with Gasteiger partial charge in [0, 0.05) is 12.2 Å².